The lowest BCUT2D eigenvalue weighted by Crippen LogP contribution is -2.58. The van der Waals surface area contributed by atoms with Gasteiger partial charge in [0.15, 0.2) is 5.78 Å². The van der Waals surface area contributed by atoms with Gasteiger partial charge in [0, 0.05) is 4.70 Å². The number of imide groups is 1. The first-order valence-electron chi connectivity index (χ1n) is 12.7. The van der Waals surface area contributed by atoms with Crippen LogP contribution < -0.4 is 16.0 Å². The van der Waals surface area contributed by atoms with Crippen LogP contribution in [0.2, 0.25) is 0 Å². The van der Waals surface area contributed by atoms with Crippen LogP contribution in [0.1, 0.15) is 42.8 Å². The van der Waals surface area contributed by atoms with Gasteiger partial charge in [0.05, 0.1) is 17.1 Å². The second-order valence-electron chi connectivity index (χ2n) is 9.72. The molecule has 2 aromatic carbocycles. The zero-order chi connectivity index (χ0) is 27.2. The molecule has 4 amide bonds. The number of ketones is 1. The zero-order valence-corrected chi connectivity index (χ0v) is 22.1. The summed E-state index contributed by atoms with van der Waals surface area (Å²) in [7, 11) is 0. The molecule has 0 spiro atoms. The molecule has 1 saturated heterocycles. The minimum atomic E-state index is -1.07. The number of carbonyl (C=O) groups is 4. The Balaban J connectivity index is 1.64. The van der Waals surface area contributed by atoms with Crippen molar-refractivity contribution in [2.75, 3.05) is 18.4 Å². The van der Waals surface area contributed by atoms with E-state index in [1.165, 1.54) is 29.5 Å². The summed E-state index contributed by atoms with van der Waals surface area (Å²) in [5.41, 5.74) is -0.107. The maximum absolute atomic E-state index is 14.3. The normalized spacial score (nSPS) is 16.6. The molecule has 3 N–H and O–H groups in total. The Morgan fingerprint density at radius 2 is 1.87 bits per heavy atom. The van der Waals surface area contributed by atoms with Crippen LogP contribution in [0.4, 0.5) is 14.9 Å². The molecule has 200 valence electrons. The molecule has 1 aliphatic heterocycles. The fraction of sp³-hybridized carbons (Fsp3) is 0.357. The number of thiophene rings is 1. The molecule has 38 heavy (non-hydrogen) atoms. The highest BCUT2D eigenvalue weighted by Gasteiger charge is 2.39. The summed E-state index contributed by atoms with van der Waals surface area (Å²) in [6.07, 6.45) is 1.08. The van der Waals surface area contributed by atoms with Crippen LogP contribution in [0.3, 0.4) is 0 Å². The van der Waals surface area contributed by atoms with Crippen LogP contribution in [0.25, 0.3) is 10.1 Å². The maximum atomic E-state index is 14.3. The van der Waals surface area contributed by atoms with Gasteiger partial charge in [-0.25, -0.2) is 9.18 Å². The number of fused-ring (bicyclic) bond motifs is 1. The first-order valence-corrected chi connectivity index (χ1v) is 13.5. The van der Waals surface area contributed by atoms with Gasteiger partial charge in [-0.15, -0.1) is 11.3 Å². The van der Waals surface area contributed by atoms with Crippen molar-refractivity contribution < 1.29 is 23.6 Å². The van der Waals surface area contributed by atoms with Gasteiger partial charge >= 0.3 is 6.03 Å². The van der Waals surface area contributed by atoms with Crippen LogP contribution in [0, 0.1) is 11.7 Å². The highest BCUT2D eigenvalue weighted by Crippen LogP contribution is 2.26. The Labute approximate surface area is 224 Å². The number of urea groups is 1. The van der Waals surface area contributed by atoms with Crippen LogP contribution in [-0.2, 0) is 9.59 Å². The highest BCUT2D eigenvalue weighted by atomic mass is 32.1. The van der Waals surface area contributed by atoms with Crippen LogP contribution in [-0.4, -0.2) is 53.7 Å². The number of nitrogens with zero attached hydrogens (tertiary/aromatic N) is 1. The Bertz CT molecular complexity index is 1310. The van der Waals surface area contributed by atoms with E-state index in [0.717, 1.165) is 15.0 Å². The fourth-order valence-electron chi connectivity index (χ4n) is 4.50. The third-order valence-electron chi connectivity index (χ3n) is 6.35. The van der Waals surface area contributed by atoms with Crippen molar-refractivity contribution in [3.8, 4) is 0 Å². The summed E-state index contributed by atoms with van der Waals surface area (Å²) < 4.78 is 15.3. The number of Topliss-reactive ketones (excluding diaryl/α,β-unsaturated/α-hetero) is 1. The molecule has 10 heteroatoms. The number of anilines is 1. The van der Waals surface area contributed by atoms with E-state index in [-0.39, 0.29) is 36.8 Å². The number of halogens is 1. The van der Waals surface area contributed by atoms with Crippen molar-refractivity contribution in [3.63, 3.8) is 0 Å². The van der Waals surface area contributed by atoms with Crippen molar-refractivity contribution in [2.24, 2.45) is 5.92 Å². The molecule has 1 unspecified atom stereocenters. The SMILES string of the molecule is CC(C)CC(NC(=O)c1cc2ccccc2s1)C(=O)N(C(=O)Nc1ccccc1F)[C@H]1CCCNCC1=O. The molecule has 1 aliphatic rings. The van der Waals surface area contributed by atoms with Crippen molar-refractivity contribution in [1.82, 2.24) is 15.5 Å². The fourth-order valence-corrected chi connectivity index (χ4v) is 5.47. The average Bonchev–Trinajstić information content (AvgIpc) is 3.22. The number of nitrogens with one attached hydrogen (secondary N) is 3. The van der Waals surface area contributed by atoms with Gasteiger partial charge in [0.2, 0.25) is 0 Å². The molecule has 1 aromatic heterocycles. The molecule has 1 fully saturated rings. The Morgan fingerprint density at radius 3 is 2.61 bits per heavy atom. The smallest absolute Gasteiger partial charge is 0.329 e. The number of para-hydroxylation sites is 1. The van der Waals surface area contributed by atoms with Crippen molar-refractivity contribution >= 4 is 50.7 Å². The molecule has 0 radical (unpaired) electrons. The van der Waals surface area contributed by atoms with E-state index in [1.807, 2.05) is 38.1 Å². The van der Waals surface area contributed by atoms with Gasteiger partial charge in [0.1, 0.15) is 17.9 Å². The molecule has 2 atom stereocenters. The molecule has 4 rings (SSSR count). The van der Waals surface area contributed by atoms with E-state index in [4.69, 9.17) is 0 Å². The third kappa shape index (κ3) is 6.43. The van der Waals surface area contributed by atoms with Crippen molar-refractivity contribution in [2.45, 2.75) is 45.2 Å². The molecule has 2 heterocycles. The number of amides is 4. The minimum absolute atomic E-state index is 0.00438. The summed E-state index contributed by atoms with van der Waals surface area (Å²) in [6, 6.07) is 11.9. The van der Waals surface area contributed by atoms with E-state index < -0.39 is 35.7 Å². The molecule has 3 aromatic rings. The summed E-state index contributed by atoms with van der Waals surface area (Å²) in [4.78, 5) is 55.0. The molecule has 0 saturated carbocycles. The minimum Gasteiger partial charge on any atom is -0.340 e. The molecular weight excluding hydrogens is 507 g/mol. The Kier molecular flexibility index (Phi) is 8.85. The lowest BCUT2D eigenvalue weighted by Gasteiger charge is -2.32. The molecular formula is C28H31FN4O4S. The zero-order valence-electron chi connectivity index (χ0n) is 21.3. The molecule has 8 nitrogen and oxygen atoms in total. The second kappa shape index (κ2) is 12.3. The summed E-state index contributed by atoms with van der Waals surface area (Å²) >= 11 is 1.31. The lowest BCUT2D eigenvalue weighted by molar-refractivity contribution is -0.137. The van der Waals surface area contributed by atoms with E-state index in [2.05, 4.69) is 16.0 Å². The molecule has 0 bridgehead atoms. The highest BCUT2D eigenvalue weighted by molar-refractivity contribution is 7.20. The third-order valence-corrected chi connectivity index (χ3v) is 7.46. The van der Waals surface area contributed by atoms with Crippen LogP contribution in [0.5, 0.6) is 0 Å². The predicted octanol–water partition coefficient (Wildman–Crippen LogP) is 4.57. The van der Waals surface area contributed by atoms with E-state index in [9.17, 15) is 23.6 Å². The average molecular weight is 539 g/mol. The van der Waals surface area contributed by atoms with Gasteiger partial charge in [-0.1, -0.05) is 44.2 Å². The van der Waals surface area contributed by atoms with Gasteiger partial charge in [-0.3, -0.25) is 19.3 Å². The number of rotatable bonds is 7. The summed E-state index contributed by atoms with van der Waals surface area (Å²) in [5, 5.41) is 9.17. The first kappa shape index (κ1) is 27.4. The van der Waals surface area contributed by atoms with Gasteiger partial charge in [0.25, 0.3) is 11.8 Å². The monoisotopic (exact) mass is 538 g/mol. The van der Waals surface area contributed by atoms with Gasteiger partial charge in [-0.2, -0.15) is 0 Å². The first-order chi connectivity index (χ1) is 18.2. The van der Waals surface area contributed by atoms with E-state index in [0.29, 0.717) is 17.8 Å². The van der Waals surface area contributed by atoms with E-state index in [1.54, 1.807) is 12.1 Å². The van der Waals surface area contributed by atoms with Crippen LogP contribution >= 0.6 is 11.3 Å². The summed E-state index contributed by atoms with van der Waals surface area (Å²) in [5.74, 6) is -2.14. The Morgan fingerprint density at radius 1 is 1.13 bits per heavy atom. The number of hydrogen-bond acceptors (Lipinski definition) is 6. The van der Waals surface area contributed by atoms with Gasteiger partial charge < -0.3 is 16.0 Å². The van der Waals surface area contributed by atoms with Crippen LogP contribution in [0.15, 0.2) is 54.6 Å². The topological polar surface area (TPSA) is 108 Å². The lowest BCUT2D eigenvalue weighted by atomic mass is 10.00. The quantitative estimate of drug-likeness (QED) is 0.409. The molecule has 0 aliphatic carbocycles. The van der Waals surface area contributed by atoms with Crippen molar-refractivity contribution in [3.05, 3.63) is 65.3 Å². The standard InChI is InChI=1S/C28H31FN4O4S/c1-17(2)14-21(31-26(35)25-15-18-8-3-6-12-24(18)38-25)27(36)33(22-11-7-13-30-16-23(22)34)28(37)32-20-10-5-4-9-19(20)29/h3-6,8-10,12,15,17,21-22,30H,7,11,13-14,16H2,1-2H3,(H,31,35)(H,32,37)/t21?,22-/m0/s1. The largest absolute Gasteiger partial charge is 0.340 e. The predicted molar refractivity (Wildman–Crippen MR) is 146 cm³/mol. The number of hydrogen-bond donors (Lipinski definition) is 3. The van der Waals surface area contributed by atoms with E-state index >= 15 is 0 Å². The number of benzene rings is 2. The van der Waals surface area contributed by atoms with Crippen molar-refractivity contribution in [1.29, 1.82) is 0 Å². The number of carbonyl (C=O) groups excluding carboxylic acids is 4. The maximum Gasteiger partial charge on any atom is 0.329 e. The second-order valence-corrected chi connectivity index (χ2v) is 10.8. The Hall–Kier alpha value is -3.63. The summed E-state index contributed by atoms with van der Waals surface area (Å²) in [6.45, 7) is 4.37. The van der Waals surface area contributed by atoms with Gasteiger partial charge in [-0.05, 0) is 61.4 Å².